The predicted molar refractivity (Wildman–Crippen MR) is 110 cm³/mol. The Morgan fingerprint density at radius 3 is 2.32 bits per heavy atom. The first-order chi connectivity index (χ1) is 13.5. The summed E-state index contributed by atoms with van der Waals surface area (Å²) in [6.07, 6.45) is 11.2. The average Bonchev–Trinajstić information content (AvgIpc) is 2.67. The quantitative estimate of drug-likeness (QED) is 0.699. The van der Waals surface area contributed by atoms with Crippen LogP contribution in [-0.2, 0) is 17.6 Å². The first kappa shape index (κ1) is 18.4. The van der Waals surface area contributed by atoms with Crippen molar-refractivity contribution in [3.8, 4) is 12.1 Å². The normalized spacial score (nSPS) is 19.9. The lowest BCUT2D eigenvalue weighted by Gasteiger charge is -2.37. The lowest BCUT2D eigenvalue weighted by molar-refractivity contribution is 0.0356. The molecule has 4 nitrogen and oxygen atoms in total. The highest BCUT2D eigenvalue weighted by atomic mass is 16.5. The van der Waals surface area contributed by atoms with Crippen LogP contribution < -0.4 is 4.90 Å². The molecule has 0 fully saturated rings. The summed E-state index contributed by atoms with van der Waals surface area (Å²) in [5.74, 6) is 0.697. The first-order valence-corrected chi connectivity index (χ1v) is 10.0. The zero-order valence-corrected chi connectivity index (χ0v) is 16.6. The fourth-order valence-electron chi connectivity index (χ4n) is 4.58. The van der Waals surface area contributed by atoms with Crippen molar-refractivity contribution >= 4 is 11.8 Å². The van der Waals surface area contributed by atoms with Crippen LogP contribution in [0.3, 0.4) is 0 Å². The van der Waals surface area contributed by atoms with Crippen LogP contribution in [0.15, 0.2) is 41.2 Å². The van der Waals surface area contributed by atoms with E-state index in [1.165, 1.54) is 48.3 Å². The fourth-order valence-corrected chi connectivity index (χ4v) is 4.58. The number of anilines is 1. The van der Waals surface area contributed by atoms with Gasteiger partial charge in [-0.1, -0.05) is 6.08 Å². The molecule has 0 saturated carbocycles. The molecule has 0 saturated heterocycles. The molecule has 0 amide bonds. The van der Waals surface area contributed by atoms with Gasteiger partial charge >= 0.3 is 0 Å². The molecule has 0 N–H and O–H groups in total. The Balaban J connectivity index is 1.67. The molecule has 1 aromatic rings. The molecule has 1 aromatic carbocycles. The van der Waals surface area contributed by atoms with E-state index in [0.29, 0.717) is 12.2 Å². The third-order valence-corrected chi connectivity index (χ3v) is 5.67. The Hall–Kier alpha value is -2.98. The number of ether oxygens (including phenoxy) is 1. The van der Waals surface area contributed by atoms with Crippen molar-refractivity contribution < 1.29 is 4.74 Å². The summed E-state index contributed by atoms with van der Waals surface area (Å²) in [4.78, 5) is 2.54. The SMILES string of the molecule is CC1(C)CC(=C(C#N)C#N)C=C(/C=C/c2cc3c4c(c2)CCCN4CCC3)O1. The molecular formula is C24H25N3O. The summed E-state index contributed by atoms with van der Waals surface area (Å²) < 4.78 is 6.08. The molecule has 0 aliphatic carbocycles. The van der Waals surface area contributed by atoms with Crippen LogP contribution in [0.5, 0.6) is 0 Å². The lowest BCUT2D eigenvalue weighted by Crippen LogP contribution is -2.34. The van der Waals surface area contributed by atoms with Gasteiger partial charge in [0, 0.05) is 25.2 Å². The van der Waals surface area contributed by atoms with Gasteiger partial charge in [-0.05, 0) is 86.1 Å². The molecule has 3 heterocycles. The summed E-state index contributed by atoms with van der Waals surface area (Å²) in [5, 5.41) is 18.4. The Labute approximate surface area is 167 Å². The second kappa shape index (κ2) is 7.21. The van der Waals surface area contributed by atoms with Crippen molar-refractivity contribution in [1.82, 2.24) is 0 Å². The van der Waals surface area contributed by atoms with Crippen molar-refractivity contribution in [1.29, 1.82) is 10.5 Å². The number of allylic oxidation sites excluding steroid dienone is 3. The maximum absolute atomic E-state index is 9.22. The van der Waals surface area contributed by atoms with Gasteiger partial charge in [-0.2, -0.15) is 10.5 Å². The van der Waals surface area contributed by atoms with E-state index in [-0.39, 0.29) is 5.57 Å². The largest absolute Gasteiger partial charge is 0.488 e. The molecule has 3 aliphatic rings. The van der Waals surface area contributed by atoms with Crippen LogP contribution in [0.25, 0.3) is 6.08 Å². The molecule has 0 aromatic heterocycles. The van der Waals surface area contributed by atoms with Gasteiger partial charge in [0.15, 0.2) is 0 Å². The third kappa shape index (κ3) is 3.56. The monoisotopic (exact) mass is 371 g/mol. The Kier molecular flexibility index (Phi) is 4.73. The van der Waals surface area contributed by atoms with E-state index < -0.39 is 5.60 Å². The smallest absolute Gasteiger partial charge is 0.133 e. The van der Waals surface area contributed by atoms with Crippen LogP contribution in [0, 0.1) is 22.7 Å². The maximum Gasteiger partial charge on any atom is 0.133 e. The topological polar surface area (TPSA) is 60.0 Å². The molecular weight excluding hydrogens is 346 g/mol. The van der Waals surface area contributed by atoms with Gasteiger partial charge < -0.3 is 9.64 Å². The summed E-state index contributed by atoms with van der Waals surface area (Å²) in [6, 6.07) is 8.61. The third-order valence-electron chi connectivity index (χ3n) is 5.67. The number of rotatable bonds is 2. The molecule has 28 heavy (non-hydrogen) atoms. The number of aryl methyl sites for hydroxylation is 2. The zero-order valence-electron chi connectivity index (χ0n) is 16.6. The van der Waals surface area contributed by atoms with Crippen molar-refractivity contribution in [2.24, 2.45) is 0 Å². The minimum absolute atomic E-state index is 0.167. The second-order valence-corrected chi connectivity index (χ2v) is 8.42. The van der Waals surface area contributed by atoms with Crippen LogP contribution in [0.4, 0.5) is 5.69 Å². The van der Waals surface area contributed by atoms with E-state index in [1.807, 2.05) is 38.1 Å². The molecule has 0 unspecified atom stereocenters. The highest BCUT2D eigenvalue weighted by Crippen LogP contribution is 2.37. The number of hydrogen-bond acceptors (Lipinski definition) is 4. The Morgan fingerprint density at radius 2 is 1.71 bits per heavy atom. The zero-order chi connectivity index (χ0) is 19.7. The summed E-state index contributed by atoms with van der Waals surface area (Å²) in [7, 11) is 0. The molecule has 4 heteroatoms. The van der Waals surface area contributed by atoms with Gasteiger partial charge in [0.2, 0.25) is 0 Å². The number of hydrogen-bond donors (Lipinski definition) is 0. The number of benzene rings is 1. The van der Waals surface area contributed by atoms with Gasteiger partial charge in [-0.25, -0.2) is 0 Å². The van der Waals surface area contributed by atoms with Crippen molar-refractivity contribution in [3.63, 3.8) is 0 Å². The molecule has 0 atom stereocenters. The minimum Gasteiger partial charge on any atom is -0.488 e. The van der Waals surface area contributed by atoms with Crippen LogP contribution >= 0.6 is 0 Å². The maximum atomic E-state index is 9.22. The molecule has 3 aliphatic heterocycles. The van der Waals surface area contributed by atoms with Crippen LogP contribution in [0.1, 0.15) is 49.8 Å². The standard InChI is InChI=1S/C24H25N3O/c1-24(2)14-20(21(15-25)16-26)13-22(28-24)8-7-17-11-18-5-3-9-27-10-4-6-19(12-17)23(18)27/h7-8,11-13H,3-6,9-10,14H2,1-2H3/b8-7+. The minimum atomic E-state index is -0.439. The fraction of sp³-hybridized carbons (Fsp3) is 0.417. The summed E-state index contributed by atoms with van der Waals surface area (Å²) >= 11 is 0. The second-order valence-electron chi connectivity index (χ2n) is 8.42. The predicted octanol–water partition coefficient (Wildman–Crippen LogP) is 4.83. The molecule has 4 rings (SSSR count). The Bertz CT molecular complexity index is 935. The molecule has 142 valence electrons. The van der Waals surface area contributed by atoms with E-state index in [9.17, 15) is 10.5 Å². The van der Waals surface area contributed by atoms with E-state index in [1.54, 1.807) is 0 Å². The van der Waals surface area contributed by atoms with E-state index in [0.717, 1.165) is 18.4 Å². The van der Waals surface area contributed by atoms with Crippen molar-refractivity contribution in [2.45, 2.75) is 51.6 Å². The highest BCUT2D eigenvalue weighted by molar-refractivity contribution is 5.68. The Morgan fingerprint density at radius 1 is 1.07 bits per heavy atom. The molecule has 0 bridgehead atoms. The molecule has 0 radical (unpaired) electrons. The van der Waals surface area contributed by atoms with Gasteiger partial charge in [-0.3, -0.25) is 0 Å². The first-order valence-electron chi connectivity index (χ1n) is 10.0. The van der Waals surface area contributed by atoms with Crippen LogP contribution in [0.2, 0.25) is 0 Å². The number of nitrogens with zero attached hydrogens (tertiary/aromatic N) is 3. The van der Waals surface area contributed by atoms with E-state index in [4.69, 9.17) is 4.74 Å². The highest BCUT2D eigenvalue weighted by Gasteiger charge is 2.28. The van der Waals surface area contributed by atoms with Gasteiger partial charge in [-0.15, -0.1) is 0 Å². The summed E-state index contributed by atoms with van der Waals surface area (Å²) in [5.41, 5.74) is 6.05. The van der Waals surface area contributed by atoms with E-state index in [2.05, 4.69) is 23.1 Å². The van der Waals surface area contributed by atoms with Crippen LogP contribution in [-0.4, -0.2) is 18.7 Å². The van der Waals surface area contributed by atoms with Gasteiger partial charge in [0.25, 0.3) is 0 Å². The lowest BCUT2D eigenvalue weighted by atomic mass is 9.89. The van der Waals surface area contributed by atoms with E-state index >= 15 is 0 Å². The molecule has 0 spiro atoms. The number of nitriles is 2. The van der Waals surface area contributed by atoms with Gasteiger partial charge in [0.05, 0.1) is 0 Å². The van der Waals surface area contributed by atoms with Gasteiger partial charge in [0.1, 0.15) is 29.1 Å². The summed E-state index contributed by atoms with van der Waals surface area (Å²) in [6.45, 7) is 6.33. The average molecular weight is 371 g/mol. The van der Waals surface area contributed by atoms with Crippen molar-refractivity contribution in [3.05, 3.63) is 57.9 Å². The van der Waals surface area contributed by atoms with Crippen molar-refractivity contribution in [2.75, 3.05) is 18.0 Å².